The molecule has 174 valence electrons. The van der Waals surface area contributed by atoms with Gasteiger partial charge in [-0.3, -0.25) is 4.99 Å². The van der Waals surface area contributed by atoms with Crippen molar-refractivity contribution >= 4 is 22.6 Å². The van der Waals surface area contributed by atoms with Crippen LogP contribution in [0, 0.1) is 13.8 Å². The second-order valence-electron chi connectivity index (χ2n) is 8.34. The van der Waals surface area contributed by atoms with Crippen LogP contribution in [0.2, 0.25) is 0 Å². The summed E-state index contributed by atoms with van der Waals surface area (Å²) < 4.78 is 11.9. The van der Waals surface area contributed by atoms with E-state index in [1.807, 2.05) is 37.3 Å². The first kappa shape index (κ1) is 23.5. The fourth-order valence-electron chi connectivity index (χ4n) is 4.37. The summed E-state index contributed by atoms with van der Waals surface area (Å²) in [6.07, 6.45) is 1.57. The van der Waals surface area contributed by atoms with Crippen LogP contribution in [-0.4, -0.2) is 25.7 Å². The van der Waals surface area contributed by atoms with Gasteiger partial charge in [0.2, 0.25) is 0 Å². The van der Waals surface area contributed by atoms with E-state index in [9.17, 15) is 4.79 Å². The number of hydrogen-bond donors (Lipinski definition) is 1. The molecule has 5 nitrogen and oxygen atoms in total. The van der Waals surface area contributed by atoms with Crippen LogP contribution >= 0.6 is 0 Å². The highest BCUT2D eigenvalue weighted by Crippen LogP contribution is 2.42. The van der Waals surface area contributed by atoms with Gasteiger partial charge in [0.05, 0.1) is 17.5 Å². The Labute approximate surface area is 200 Å². The number of hydrogen-bond acceptors (Lipinski definition) is 4. The molecule has 2 N–H and O–H groups in total. The minimum Gasteiger partial charge on any atom is -0.458 e. The van der Waals surface area contributed by atoms with Gasteiger partial charge in [0, 0.05) is 40.8 Å². The maximum Gasteiger partial charge on any atom is 0.339 e. The van der Waals surface area contributed by atoms with Crippen LogP contribution < -0.4 is 10.7 Å². The average molecular weight is 456 g/mol. The number of ether oxygens (including phenoxy) is 1. The number of rotatable bonds is 7. The van der Waals surface area contributed by atoms with Gasteiger partial charge in [-0.1, -0.05) is 30.9 Å². The lowest BCUT2D eigenvalue weighted by Gasteiger charge is -2.19. The molecule has 0 spiro atoms. The van der Waals surface area contributed by atoms with Crippen LogP contribution in [-0.2, 0) is 4.74 Å². The van der Waals surface area contributed by atoms with Gasteiger partial charge in [0.25, 0.3) is 0 Å². The molecule has 0 atom stereocenters. The third kappa shape index (κ3) is 4.39. The summed E-state index contributed by atoms with van der Waals surface area (Å²) >= 11 is 0. The number of nitrogens with two attached hydrogens (primary N) is 1. The van der Waals surface area contributed by atoms with E-state index >= 15 is 0 Å². The maximum atomic E-state index is 13.0. The summed E-state index contributed by atoms with van der Waals surface area (Å²) in [5.41, 5.74) is 7.36. The molecule has 0 fully saturated rings. The number of carbonyl (C=O) groups is 1. The summed E-state index contributed by atoms with van der Waals surface area (Å²) in [6.45, 7) is 13.7. The quantitative estimate of drug-likeness (QED) is 0.178. The van der Waals surface area contributed by atoms with E-state index in [2.05, 4.69) is 55.9 Å². The smallest absolute Gasteiger partial charge is 0.339 e. The molecular weight excluding hydrogens is 424 g/mol. The zero-order valence-corrected chi connectivity index (χ0v) is 20.3. The van der Waals surface area contributed by atoms with Gasteiger partial charge in [-0.05, 0) is 57.0 Å². The third-order valence-corrected chi connectivity index (χ3v) is 5.93. The van der Waals surface area contributed by atoms with Crippen molar-refractivity contribution in [3.05, 3.63) is 83.2 Å². The second-order valence-corrected chi connectivity index (χ2v) is 8.34. The highest BCUT2D eigenvalue weighted by molar-refractivity contribution is 6.08. The van der Waals surface area contributed by atoms with Crippen LogP contribution in [0.1, 0.15) is 35.3 Å². The Balaban J connectivity index is 2.12. The van der Waals surface area contributed by atoms with Crippen LogP contribution in [0.5, 0.6) is 0 Å². The van der Waals surface area contributed by atoms with Crippen molar-refractivity contribution in [2.24, 2.45) is 4.99 Å². The Morgan fingerprint density at radius 3 is 2.62 bits per heavy atom. The molecule has 1 heterocycles. The van der Waals surface area contributed by atoms with Crippen molar-refractivity contribution in [3.63, 3.8) is 0 Å². The highest BCUT2D eigenvalue weighted by atomic mass is 16.5. The fourth-order valence-corrected chi connectivity index (χ4v) is 4.37. The lowest BCUT2D eigenvalue weighted by molar-refractivity contribution is -0.568. The van der Waals surface area contributed by atoms with E-state index in [1.54, 1.807) is 6.08 Å². The van der Waals surface area contributed by atoms with E-state index in [0.717, 1.165) is 62.1 Å². The molecule has 2 aromatic rings. The molecule has 4 rings (SSSR count). The van der Waals surface area contributed by atoms with E-state index in [1.165, 1.54) is 0 Å². The first-order valence-corrected chi connectivity index (χ1v) is 11.7. The van der Waals surface area contributed by atoms with Gasteiger partial charge >= 0.3 is 5.97 Å². The van der Waals surface area contributed by atoms with Gasteiger partial charge in [-0.2, -0.15) is 0 Å². The number of carbonyl (C=O) groups excluding carboxylic acids is 1. The molecule has 0 aromatic heterocycles. The lowest BCUT2D eigenvalue weighted by atomic mass is 9.89. The van der Waals surface area contributed by atoms with Crippen LogP contribution in [0.3, 0.4) is 0 Å². The summed E-state index contributed by atoms with van der Waals surface area (Å²) in [5.74, 6) is 0.362. The Morgan fingerprint density at radius 1 is 1.09 bits per heavy atom. The van der Waals surface area contributed by atoms with Crippen molar-refractivity contribution in [1.29, 1.82) is 0 Å². The molecule has 1 aliphatic heterocycles. The van der Waals surface area contributed by atoms with Crippen molar-refractivity contribution in [2.45, 2.75) is 27.7 Å². The number of esters is 1. The van der Waals surface area contributed by atoms with Crippen LogP contribution in [0.25, 0.3) is 33.4 Å². The first-order valence-electron chi connectivity index (χ1n) is 11.7. The largest absolute Gasteiger partial charge is 0.458 e. The fraction of sp³-hybridized carbons (Fsp3) is 0.241. The van der Waals surface area contributed by atoms with Gasteiger partial charge in [-0.25, -0.2) is 4.79 Å². The summed E-state index contributed by atoms with van der Waals surface area (Å²) in [7, 11) is 0. The summed E-state index contributed by atoms with van der Waals surface area (Å²) in [6, 6.07) is 15.9. The molecular formula is C29H31N2O3+. The summed E-state index contributed by atoms with van der Waals surface area (Å²) in [4.78, 5) is 17.6. The zero-order valence-electron chi connectivity index (χ0n) is 20.3. The second kappa shape index (κ2) is 10.1. The standard InChI is InChI=1S/C29H30N2O3/c1-6-13-33-29(32)21-12-10-9-11-20(21)28-22-14-18(4)24(30-7-2)16-26(22)34-27-17-25(31-8-3)19(5)15-23(27)28/h6,9-12,14-17,30H,1,7-8,13H2,2-5H3/p+1. The van der Waals surface area contributed by atoms with E-state index in [0.29, 0.717) is 12.1 Å². The lowest BCUT2D eigenvalue weighted by Crippen LogP contribution is -2.77. The minimum atomic E-state index is -0.375. The number of fused-ring (bicyclic) bond motifs is 2. The van der Waals surface area contributed by atoms with E-state index in [4.69, 9.17) is 9.15 Å². The van der Waals surface area contributed by atoms with Gasteiger partial charge in [0.1, 0.15) is 23.6 Å². The molecule has 0 amide bonds. The van der Waals surface area contributed by atoms with Crippen molar-refractivity contribution in [3.8, 4) is 22.5 Å². The molecule has 2 aliphatic rings. The predicted octanol–water partition coefficient (Wildman–Crippen LogP) is 5.30. The molecule has 0 saturated carbocycles. The minimum absolute atomic E-state index is 0.162. The highest BCUT2D eigenvalue weighted by Gasteiger charge is 2.23. The van der Waals surface area contributed by atoms with E-state index < -0.39 is 0 Å². The SMILES string of the molecule is C=CCOC(=O)c1ccccc1-c1c2cc(C)c(=NCC)cc-2oc2cc([NH2+]CC)c(C)cc12. The number of aryl methyl sites for hydroxylation is 2. The third-order valence-electron chi connectivity index (χ3n) is 5.93. The normalized spacial score (nSPS) is 11.8. The van der Waals surface area contributed by atoms with Crippen molar-refractivity contribution in [1.82, 2.24) is 0 Å². The van der Waals surface area contributed by atoms with Gasteiger partial charge in [0.15, 0.2) is 0 Å². The molecule has 0 unspecified atom stereocenters. The Kier molecular flexibility index (Phi) is 6.94. The summed E-state index contributed by atoms with van der Waals surface area (Å²) in [5, 5.41) is 4.07. The maximum absolute atomic E-state index is 13.0. The van der Waals surface area contributed by atoms with Gasteiger partial charge in [-0.15, -0.1) is 0 Å². The van der Waals surface area contributed by atoms with Crippen LogP contribution in [0.4, 0.5) is 5.69 Å². The molecule has 1 aliphatic carbocycles. The van der Waals surface area contributed by atoms with Gasteiger partial charge < -0.3 is 14.5 Å². The Morgan fingerprint density at radius 2 is 1.88 bits per heavy atom. The van der Waals surface area contributed by atoms with Crippen molar-refractivity contribution < 1.29 is 19.3 Å². The first-order chi connectivity index (χ1) is 16.5. The molecule has 0 radical (unpaired) electrons. The average Bonchev–Trinajstić information content (AvgIpc) is 2.83. The van der Waals surface area contributed by atoms with Crippen LogP contribution in [0.15, 0.2) is 70.6 Å². The molecule has 5 heteroatoms. The van der Waals surface area contributed by atoms with E-state index in [-0.39, 0.29) is 12.6 Å². The molecule has 0 saturated heterocycles. The number of nitrogens with zero attached hydrogens (tertiary/aromatic N) is 1. The number of quaternary nitrogens is 1. The monoisotopic (exact) mass is 455 g/mol. The molecule has 2 aromatic carbocycles. The number of benzene rings is 3. The molecule has 34 heavy (non-hydrogen) atoms. The van der Waals surface area contributed by atoms with Crippen molar-refractivity contribution in [2.75, 3.05) is 19.7 Å². The Hall–Kier alpha value is -3.70. The topological polar surface area (TPSA) is 68.4 Å². The predicted molar refractivity (Wildman–Crippen MR) is 136 cm³/mol. The zero-order chi connectivity index (χ0) is 24.2. The Bertz CT molecular complexity index is 1420. The molecule has 0 bridgehead atoms.